The van der Waals surface area contributed by atoms with Crippen LogP contribution < -0.4 is 0 Å². The third-order valence-corrected chi connectivity index (χ3v) is 5.12. The van der Waals surface area contributed by atoms with E-state index in [0.29, 0.717) is 5.69 Å². The Morgan fingerprint density at radius 1 is 0.968 bits per heavy atom. The molecule has 5 rings (SSSR count). The Morgan fingerprint density at radius 3 is 2.58 bits per heavy atom. The fraction of sp³-hybridized carbons (Fsp3) is 0.0417. The second-order valence-electron chi connectivity index (χ2n) is 6.34. The van der Waals surface area contributed by atoms with Crippen molar-refractivity contribution >= 4 is 21.6 Å². The first-order valence-electron chi connectivity index (χ1n) is 9.08. The summed E-state index contributed by atoms with van der Waals surface area (Å²) in [5.41, 5.74) is 4.43. The van der Waals surface area contributed by atoms with Crippen molar-refractivity contribution in [1.29, 1.82) is 0 Å². The van der Waals surface area contributed by atoms with Crippen LogP contribution in [0.1, 0.15) is 5.69 Å². The number of fused-ring (bicyclic) bond motifs is 1. The second kappa shape index (κ2) is 10.4. The summed E-state index contributed by atoms with van der Waals surface area (Å²) in [5, 5.41) is 1.85. The number of halogens is 2. The third kappa shape index (κ3) is 5.44. The molecule has 3 heterocycles. The summed E-state index contributed by atoms with van der Waals surface area (Å²) in [6.45, 7) is 1.99. The van der Waals surface area contributed by atoms with Gasteiger partial charge in [0, 0.05) is 47.8 Å². The van der Waals surface area contributed by atoms with Crippen molar-refractivity contribution in [3.05, 3.63) is 102 Å². The smallest absolute Gasteiger partial charge is 0.106 e. The molecule has 31 heavy (non-hydrogen) atoms. The zero-order chi connectivity index (χ0) is 20.9. The summed E-state index contributed by atoms with van der Waals surface area (Å²) in [4.78, 5) is 12.5. The number of pyridine rings is 1. The topological polar surface area (TPSA) is 38.7 Å². The molecule has 0 aliphatic rings. The van der Waals surface area contributed by atoms with Gasteiger partial charge in [-0.15, -0.1) is 48.0 Å². The van der Waals surface area contributed by atoms with Crippen LogP contribution >= 0.6 is 11.3 Å². The van der Waals surface area contributed by atoms with Crippen LogP contribution in [0, 0.1) is 30.7 Å². The van der Waals surface area contributed by atoms with Gasteiger partial charge in [0.05, 0.1) is 5.52 Å². The average molecular weight is 608 g/mol. The van der Waals surface area contributed by atoms with E-state index in [-0.39, 0.29) is 25.7 Å². The van der Waals surface area contributed by atoms with E-state index in [9.17, 15) is 8.78 Å². The molecule has 0 spiro atoms. The zero-order valence-corrected chi connectivity index (χ0v) is 19.5. The van der Waals surface area contributed by atoms with Gasteiger partial charge in [-0.3, -0.25) is 13.8 Å². The van der Waals surface area contributed by atoms with E-state index in [1.165, 1.54) is 17.7 Å². The SMILES string of the molecule is Cc1cccc(-c2[c-]cccc2)n1.Fc1c[c-]c(-c2ncnc3ccsc23)c(F)c1.[Ir]. The molecule has 0 atom stereocenters. The Hall–Kier alpha value is -2.86. The van der Waals surface area contributed by atoms with Gasteiger partial charge in [0.25, 0.3) is 0 Å². The summed E-state index contributed by atoms with van der Waals surface area (Å²) in [5.74, 6) is -1.32. The standard InChI is InChI=1S/C12H5F2N2S.C12H10N.Ir/c13-7-1-2-8(9(14)5-7)11-12-10(3-4-17-12)15-6-16-11;1-10-6-5-9-12(13-10)11-7-3-2-4-8-11;/h1,3-6H;2-7,9H,1H3;/q2*-1;. The van der Waals surface area contributed by atoms with Gasteiger partial charge in [-0.1, -0.05) is 23.8 Å². The fourth-order valence-corrected chi connectivity index (χ4v) is 3.68. The molecule has 0 saturated heterocycles. The van der Waals surface area contributed by atoms with Crippen LogP contribution in [0.25, 0.3) is 32.7 Å². The van der Waals surface area contributed by atoms with E-state index in [0.717, 1.165) is 39.3 Å². The van der Waals surface area contributed by atoms with Crippen molar-refractivity contribution in [3.8, 4) is 22.5 Å². The van der Waals surface area contributed by atoms with Gasteiger partial charge in [0.15, 0.2) is 0 Å². The van der Waals surface area contributed by atoms with Gasteiger partial charge in [0.1, 0.15) is 6.33 Å². The van der Waals surface area contributed by atoms with E-state index in [1.54, 1.807) is 0 Å². The number of hydrogen-bond acceptors (Lipinski definition) is 4. The van der Waals surface area contributed by atoms with Crippen molar-refractivity contribution in [2.24, 2.45) is 0 Å². The van der Waals surface area contributed by atoms with Crippen LogP contribution in [-0.2, 0) is 20.1 Å². The van der Waals surface area contributed by atoms with Gasteiger partial charge < -0.3 is 4.98 Å². The predicted octanol–water partition coefficient (Wildman–Crippen LogP) is 6.29. The Balaban J connectivity index is 0.000000176. The molecule has 7 heteroatoms. The number of rotatable bonds is 2. The molecular formula is C24H15F2IrN3S-2. The molecular weight excluding hydrogens is 593 g/mol. The molecule has 0 aliphatic heterocycles. The fourth-order valence-electron chi connectivity index (χ4n) is 2.84. The van der Waals surface area contributed by atoms with Crippen LogP contribution in [0.4, 0.5) is 8.78 Å². The quantitative estimate of drug-likeness (QED) is 0.222. The molecule has 0 bridgehead atoms. The van der Waals surface area contributed by atoms with Crippen molar-refractivity contribution < 1.29 is 28.9 Å². The van der Waals surface area contributed by atoms with Crippen molar-refractivity contribution in [2.75, 3.05) is 0 Å². The molecule has 0 aliphatic carbocycles. The van der Waals surface area contributed by atoms with E-state index >= 15 is 0 Å². The Labute approximate surface area is 196 Å². The minimum absolute atomic E-state index is 0. The maximum atomic E-state index is 13.6. The van der Waals surface area contributed by atoms with E-state index in [4.69, 9.17) is 0 Å². The summed E-state index contributed by atoms with van der Waals surface area (Å²) in [6.07, 6.45) is 1.36. The Kier molecular flexibility index (Phi) is 7.69. The van der Waals surface area contributed by atoms with Crippen molar-refractivity contribution in [2.45, 2.75) is 6.92 Å². The summed E-state index contributed by atoms with van der Waals surface area (Å²) >= 11 is 1.42. The second-order valence-corrected chi connectivity index (χ2v) is 7.25. The largest absolute Gasteiger partial charge is 0.302 e. The summed E-state index contributed by atoms with van der Waals surface area (Å²) in [6, 6.07) is 23.3. The van der Waals surface area contributed by atoms with E-state index < -0.39 is 11.6 Å². The number of benzene rings is 2. The van der Waals surface area contributed by atoms with Gasteiger partial charge in [0.2, 0.25) is 0 Å². The van der Waals surface area contributed by atoms with Gasteiger partial charge in [-0.05, 0) is 30.1 Å². The number of thiophene rings is 1. The monoisotopic (exact) mass is 608 g/mol. The molecule has 3 aromatic heterocycles. The van der Waals surface area contributed by atoms with Crippen LogP contribution in [0.15, 0.2) is 72.4 Å². The molecule has 0 N–H and O–H groups in total. The Morgan fingerprint density at radius 2 is 1.84 bits per heavy atom. The first kappa shape index (κ1) is 22.8. The van der Waals surface area contributed by atoms with Crippen LogP contribution in [0.3, 0.4) is 0 Å². The summed E-state index contributed by atoms with van der Waals surface area (Å²) in [7, 11) is 0. The number of nitrogens with zero attached hydrogens (tertiary/aromatic N) is 3. The third-order valence-electron chi connectivity index (χ3n) is 4.21. The zero-order valence-electron chi connectivity index (χ0n) is 16.3. The molecule has 1 radical (unpaired) electrons. The minimum atomic E-state index is -0.668. The van der Waals surface area contributed by atoms with Crippen LogP contribution in [0.5, 0.6) is 0 Å². The maximum Gasteiger partial charge on any atom is 0.106 e. The molecule has 0 unspecified atom stereocenters. The molecule has 2 aromatic carbocycles. The first-order chi connectivity index (χ1) is 14.6. The molecule has 0 saturated carbocycles. The molecule has 3 nitrogen and oxygen atoms in total. The molecule has 157 valence electrons. The maximum absolute atomic E-state index is 13.6. The minimum Gasteiger partial charge on any atom is -0.302 e. The van der Waals surface area contributed by atoms with Crippen LogP contribution in [-0.4, -0.2) is 15.0 Å². The molecule has 0 fully saturated rings. The summed E-state index contributed by atoms with van der Waals surface area (Å²) < 4.78 is 27.2. The number of aryl methyl sites for hydroxylation is 1. The normalized spacial score (nSPS) is 10.2. The Bertz CT molecular complexity index is 1290. The molecule has 0 amide bonds. The van der Waals surface area contributed by atoms with E-state index in [2.05, 4.69) is 27.1 Å². The van der Waals surface area contributed by atoms with Crippen molar-refractivity contribution in [3.63, 3.8) is 0 Å². The first-order valence-corrected chi connectivity index (χ1v) is 9.96. The molecule has 5 aromatic rings. The number of aromatic nitrogens is 3. The van der Waals surface area contributed by atoms with E-state index in [1.807, 2.05) is 60.8 Å². The van der Waals surface area contributed by atoms with Gasteiger partial charge in [-0.25, -0.2) is 4.98 Å². The van der Waals surface area contributed by atoms with Gasteiger partial charge in [-0.2, -0.15) is 11.3 Å². The average Bonchev–Trinajstić information content (AvgIpc) is 3.24. The van der Waals surface area contributed by atoms with Crippen LogP contribution in [0.2, 0.25) is 0 Å². The van der Waals surface area contributed by atoms with Gasteiger partial charge >= 0.3 is 0 Å². The predicted molar refractivity (Wildman–Crippen MR) is 115 cm³/mol. The van der Waals surface area contributed by atoms with Crippen molar-refractivity contribution in [1.82, 2.24) is 15.0 Å². The number of hydrogen-bond donors (Lipinski definition) is 0.